The van der Waals surface area contributed by atoms with Gasteiger partial charge in [-0.1, -0.05) is 96.8 Å². The van der Waals surface area contributed by atoms with Crippen molar-refractivity contribution in [2.75, 3.05) is 6.54 Å². The zero-order chi connectivity index (χ0) is 14.3. The summed E-state index contributed by atoms with van der Waals surface area (Å²) in [5, 5.41) is 3.49. The van der Waals surface area contributed by atoms with Crippen molar-refractivity contribution in [2.24, 2.45) is 0 Å². The molecule has 21 heavy (non-hydrogen) atoms. The van der Waals surface area contributed by atoms with Crippen LogP contribution in [-0.4, -0.2) is 12.6 Å². The molecule has 1 unspecified atom stereocenters. The Balaban J connectivity index is 0.00000400. The van der Waals surface area contributed by atoms with Crippen LogP contribution in [0.5, 0.6) is 0 Å². The maximum atomic E-state index is 3.49. The van der Waals surface area contributed by atoms with E-state index in [-0.39, 0.29) is 17.0 Å². The minimum Gasteiger partial charge on any atom is -0.314 e. The third-order valence-corrected chi connectivity index (χ3v) is 4.83. The van der Waals surface area contributed by atoms with Crippen LogP contribution in [0, 0.1) is 0 Å². The zero-order valence-electron chi connectivity index (χ0n) is 14.5. The summed E-state index contributed by atoms with van der Waals surface area (Å²) in [6.07, 6.45) is 23.4. The molecule has 1 heterocycles. The summed E-state index contributed by atoms with van der Waals surface area (Å²) >= 11 is 0. The van der Waals surface area contributed by atoms with Crippen molar-refractivity contribution in [1.29, 1.82) is 0 Å². The molecule has 1 atom stereocenters. The molecule has 1 fully saturated rings. The second-order valence-corrected chi connectivity index (χ2v) is 6.82. The summed E-state index contributed by atoms with van der Waals surface area (Å²) < 4.78 is 0. The molecule has 1 saturated heterocycles. The fourth-order valence-corrected chi connectivity index (χ4v) is 3.18. The van der Waals surface area contributed by atoms with Gasteiger partial charge in [-0.05, 0) is 19.4 Å². The van der Waals surface area contributed by atoms with Crippen LogP contribution in [-0.2, 0) is 0 Å². The van der Waals surface area contributed by atoms with Crippen molar-refractivity contribution in [3.05, 3.63) is 0 Å². The number of nitrogens with one attached hydrogen (secondary N) is 1. The van der Waals surface area contributed by atoms with Gasteiger partial charge in [-0.2, -0.15) is 0 Å². The molecule has 2 heteroatoms. The molecule has 0 aromatic rings. The largest absolute Gasteiger partial charge is 0.314 e. The number of rotatable bonds is 15. The van der Waals surface area contributed by atoms with Crippen molar-refractivity contribution < 1.29 is 0 Å². The molecule has 1 rings (SSSR count). The highest BCUT2D eigenvalue weighted by molar-refractivity contribution is 8.93. The van der Waals surface area contributed by atoms with Crippen molar-refractivity contribution in [2.45, 2.75) is 116 Å². The second kappa shape index (κ2) is 16.8. The first-order valence-corrected chi connectivity index (χ1v) is 9.67. The summed E-state index contributed by atoms with van der Waals surface area (Å²) in [7, 11) is 0. The third kappa shape index (κ3) is 13.8. The molecule has 0 aliphatic carbocycles. The topological polar surface area (TPSA) is 12.0 Å². The van der Waals surface area contributed by atoms with Crippen molar-refractivity contribution in [1.82, 2.24) is 5.32 Å². The SMILES string of the molecule is Br.CCCCCCCCCCCCCCCCC1CCN1. The molecule has 1 aliphatic rings. The average molecular weight is 362 g/mol. The Bertz CT molecular complexity index is 192. The van der Waals surface area contributed by atoms with Gasteiger partial charge in [0.25, 0.3) is 0 Å². The number of halogens is 1. The van der Waals surface area contributed by atoms with Gasteiger partial charge in [-0.3, -0.25) is 0 Å². The summed E-state index contributed by atoms with van der Waals surface area (Å²) in [6.45, 7) is 3.56. The first-order valence-electron chi connectivity index (χ1n) is 9.67. The van der Waals surface area contributed by atoms with Crippen LogP contribution in [0.15, 0.2) is 0 Å². The zero-order valence-corrected chi connectivity index (χ0v) is 16.2. The summed E-state index contributed by atoms with van der Waals surface area (Å²) in [6, 6.07) is 0.882. The van der Waals surface area contributed by atoms with Crippen LogP contribution in [0.3, 0.4) is 0 Å². The van der Waals surface area contributed by atoms with E-state index in [9.17, 15) is 0 Å². The summed E-state index contributed by atoms with van der Waals surface area (Å²) in [4.78, 5) is 0. The molecule has 0 amide bonds. The molecule has 1 aliphatic heterocycles. The Labute approximate surface area is 144 Å². The lowest BCUT2D eigenvalue weighted by molar-refractivity contribution is 0.339. The van der Waals surface area contributed by atoms with E-state index in [0.29, 0.717) is 0 Å². The van der Waals surface area contributed by atoms with Crippen LogP contribution in [0.1, 0.15) is 110 Å². The van der Waals surface area contributed by atoms with Crippen LogP contribution in [0.2, 0.25) is 0 Å². The third-order valence-electron chi connectivity index (χ3n) is 4.83. The Kier molecular flexibility index (Phi) is 17.2. The first-order chi connectivity index (χ1) is 9.93. The van der Waals surface area contributed by atoms with Crippen LogP contribution < -0.4 is 5.32 Å². The van der Waals surface area contributed by atoms with Gasteiger partial charge < -0.3 is 5.32 Å². The number of hydrogen-bond acceptors (Lipinski definition) is 1. The van der Waals surface area contributed by atoms with E-state index in [1.54, 1.807) is 0 Å². The lowest BCUT2D eigenvalue weighted by Crippen LogP contribution is -2.42. The highest BCUT2D eigenvalue weighted by atomic mass is 79.9. The maximum absolute atomic E-state index is 3.49. The highest BCUT2D eigenvalue weighted by Crippen LogP contribution is 2.15. The van der Waals surface area contributed by atoms with E-state index in [0.717, 1.165) is 6.04 Å². The fraction of sp³-hybridized carbons (Fsp3) is 1.00. The first kappa shape index (κ1) is 21.4. The Hall–Kier alpha value is 0.440. The number of hydrogen-bond donors (Lipinski definition) is 1. The molecular formula is C19H40BrN. The smallest absolute Gasteiger partial charge is 0.00791 e. The van der Waals surface area contributed by atoms with E-state index in [4.69, 9.17) is 0 Å². The summed E-state index contributed by atoms with van der Waals surface area (Å²) in [5.74, 6) is 0. The van der Waals surface area contributed by atoms with Crippen LogP contribution in [0.4, 0.5) is 0 Å². The molecule has 0 radical (unpaired) electrons. The molecule has 0 saturated carbocycles. The normalized spacial score (nSPS) is 17.3. The fourth-order valence-electron chi connectivity index (χ4n) is 3.18. The van der Waals surface area contributed by atoms with Gasteiger partial charge in [0.2, 0.25) is 0 Å². The van der Waals surface area contributed by atoms with Gasteiger partial charge in [-0.25, -0.2) is 0 Å². The second-order valence-electron chi connectivity index (χ2n) is 6.82. The molecule has 0 aromatic carbocycles. The molecular weight excluding hydrogens is 322 g/mol. The van der Waals surface area contributed by atoms with E-state index >= 15 is 0 Å². The quantitative estimate of drug-likeness (QED) is 0.316. The van der Waals surface area contributed by atoms with E-state index in [1.807, 2.05) is 0 Å². The van der Waals surface area contributed by atoms with Gasteiger partial charge in [-0.15, -0.1) is 17.0 Å². The Morgan fingerprint density at radius 3 is 1.38 bits per heavy atom. The molecule has 1 nitrogen and oxygen atoms in total. The Morgan fingerprint density at radius 2 is 1.05 bits per heavy atom. The monoisotopic (exact) mass is 361 g/mol. The lowest BCUT2D eigenvalue weighted by atomic mass is 9.99. The highest BCUT2D eigenvalue weighted by Gasteiger charge is 2.14. The van der Waals surface area contributed by atoms with Crippen molar-refractivity contribution in [3.8, 4) is 0 Å². The van der Waals surface area contributed by atoms with E-state index in [1.165, 1.54) is 109 Å². The van der Waals surface area contributed by atoms with Gasteiger partial charge in [0.1, 0.15) is 0 Å². The summed E-state index contributed by atoms with van der Waals surface area (Å²) in [5.41, 5.74) is 0. The molecule has 1 N–H and O–H groups in total. The van der Waals surface area contributed by atoms with E-state index in [2.05, 4.69) is 12.2 Å². The lowest BCUT2D eigenvalue weighted by Gasteiger charge is -2.27. The van der Waals surface area contributed by atoms with Gasteiger partial charge in [0.05, 0.1) is 0 Å². The van der Waals surface area contributed by atoms with Crippen LogP contribution >= 0.6 is 17.0 Å². The molecule has 128 valence electrons. The van der Waals surface area contributed by atoms with Crippen molar-refractivity contribution in [3.63, 3.8) is 0 Å². The predicted molar refractivity (Wildman–Crippen MR) is 102 cm³/mol. The number of unbranched alkanes of at least 4 members (excludes halogenated alkanes) is 13. The minimum atomic E-state index is 0. The van der Waals surface area contributed by atoms with Gasteiger partial charge in [0, 0.05) is 6.04 Å². The average Bonchev–Trinajstić information content (AvgIpc) is 2.41. The van der Waals surface area contributed by atoms with Gasteiger partial charge >= 0.3 is 0 Å². The minimum absolute atomic E-state index is 0. The molecule has 0 bridgehead atoms. The predicted octanol–water partition coefficient (Wildman–Crippen LogP) is 6.80. The van der Waals surface area contributed by atoms with Gasteiger partial charge in [0.15, 0.2) is 0 Å². The van der Waals surface area contributed by atoms with E-state index < -0.39 is 0 Å². The van der Waals surface area contributed by atoms with Crippen LogP contribution in [0.25, 0.3) is 0 Å². The Morgan fingerprint density at radius 1 is 0.667 bits per heavy atom. The standard InChI is InChI=1S/C19H39N.BrH/c1-2-3-4-5-6-7-8-9-10-11-12-13-14-15-16-19-17-18-20-19;/h19-20H,2-18H2,1H3;1H. The molecule has 0 aromatic heterocycles. The molecule has 0 spiro atoms. The van der Waals surface area contributed by atoms with Crippen molar-refractivity contribution >= 4 is 17.0 Å². The maximum Gasteiger partial charge on any atom is 0.00791 e.